The number of benzene rings is 2. The Balaban J connectivity index is 1.93. The van der Waals surface area contributed by atoms with Gasteiger partial charge in [-0.05, 0) is 18.2 Å². The lowest BCUT2D eigenvalue weighted by Crippen LogP contribution is -2.00. The van der Waals surface area contributed by atoms with Crippen molar-refractivity contribution in [1.29, 1.82) is 0 Å². The van der Waals surface area contributed by atoms with Gasteiger partial charge in [-0.25, -0.2) is 0 Å². The standard InChI is InChI=1S/C17H13ClN2S/c18-13-6-2-4-8-15(13)20-17-11-5-1-3-7-14(11)19-16-10-21-9-12(16)17/h1-8H,9-10H2,(H,19,20). The fourth-order valence-electron chi connectivity index (χ4n) is 2.67. The summed E-state index contributed by atoms with van der Waals surface area (Å²) < 4.78 is 0. The number of nitrogens with zero attached hydrogens (tertiary/aromatic N) is 1. The van der Waals surface area contributed by atoms with Crippen molar-refractivity contribution in [2.24, 2.45) is 0 Å². The zero-order valence-electron chi connectivity index (χ0n) is 11.3. The third kappa shape index (κ3) is 2.27. The second kappa shape index (κ2) is 5.24. The molecule has 2 aromatic carbocycles. The van der Waals surface area contributed by atoms with Crippen LogP contribution in [0.5, 0.6) is 0 Å². The van der Waals surface area contributed by atoms with Crippen molar-refractivity contribution in [3.63, 3.8) is 0 Å². The maximum atomic E-state index is 6.29. The first-order valence-corrected chi connectivity index (χ1v) is 8.36. The Labute approximate surface area is 132 Å². The van der Waals surface area contributed by atoms with Crippen LogP contribution in [0, 0.1) is 0 Å². The third-order valence-corrected chi connectivity index (χ3v) is 5.00. The predicted octanol–water partition coefficient (Wildman–Crippen LogP) is 5.38. The average molecular weight is 313 g/mol. The average Bonchev–Trinajstić information content (AvgIpc) is 2.97. The zero-order chi connectivity index (χ0) is 14.2. The molecule has 1 aliphatic rings. The fourth-order valence-corrected chi connectivity index (χ4v) is 3.90. The number of para-hydroxylation sites is 2. The summed E-state index contributed by atoms with van der Waals surface area (Å²) >= 11 is 8.20. The summed E-state index contributed by atoms with van der Waals surface area (Å²) in [5.74, 6) is 1.98. The van der Waals surface area contributed by atoms with Crippen molar-refractivity contribution in [3.05, 3.63) is 64.8 Å². The molecule has 2 nitrogen and oxygen atoms in total. The second-order valence-electron chi connectivity index (χ2n) is 5.03. The lowest BCUT2D eigenvalue weighted by molar-refractivity contribution is 1.20. The van der Waals surface area contributed by atoms with Crippen molar-refractivity contribution in [3.8, 4) is 0 Å². The molecular formula is C17H13ClN2S. The van der Waals surface area contributed by atoms with E-state index in [2.05, 4.69) is 23.5 Å². The minimum atomic E-state index is 0.734. The summed E-state index contributed by atoms with van der Waals surface area (Å²) in [6, 6.07) is 16.1. The minimum absolute atomic E-state index is 0.734. The number of pyridine rings is 1. The first-order valence-electron chi connectivity index (χ1n) is 6.83. The van der Waals surface area contributed by atoms with Gasteiger partial charge in [-0.2, -0.15) is 11.8 Å². The Kier molecular flexibility index (Phi) is 3.24. The van der Waals surface area contributed by atoms with Gasteiger partial charge in [-0.15, -0.1) is 0 Å². The Morgan fingerprint density at radius 3 is 2.71 bits per heavy atom. The predicted molar refractivity (Wildman–Crippen MR) is 91.5 cm³/mol. The summed E-state index contributed by atoms with van der Waals surface area (Å²) in [5.41, 5.74) is 5.61. The number of fused-ring (bicyclic) bond motifs is 2. The van der Waals surface area contributed by atoms with E-state index >= 15 is 0 Å². The molecule has 0 amide bonds. The van der Waals surface area contributed by atoms with Crippen LogP contribution >= 0.6 is 23.4 Å². The number of nitrogens with one attached hydrogen (secondary N) is 1. The van der Waals surface area contributed by atoms with Gasteiger partial charge in [0.05, 0.1) is 27.6 Å². The summed E-state index contributed by atoms with van der Waals surface area (Å²) in [6.45, 7) is 0. The van der Waals surface area contributed by atoms with Gasteiger partial charge < -0.3 is 5.32 Å². The van der Waals surface area contributed by atoms with E-state index in [0.29, 0.717) is 0 Å². The molecule has 0 radical (unpaired) electrons. The molecule has 0 bridgehead atoms. The van der Waals surface area contributed by atoms with E-state index in [1.165, 1.54) is 11.3 Å². The Morgan fingerprint density at radius 2 is 1.81 bits per heavy atom. The van der Waals surface area contributed by atoms with Crippen LogP contribution in [0.1, 0.15) is 11.3 Å². The van der Waals surface area contributed by atoms with Crippen molar-refractivity contribution in [2.45, 2.75) is 11.5 Å². The molecule has 1 aromatic heterocycles. The number of anilines is 2. The first-order chi connectivity index (χ1) is 10.3. The molecule has 104 valence electrons. The number of halogens is 1. The molecule has 2 heterocycles. The van der Waals surface area contributed by atoms with Crippen LogP contribution < -0.4 is 5.32 Å². The Morgan fingerprint density at radius 1 is 1.00 bits per heavy atom. The van der Waals surface area contributed by atoms with Gasteiger partial charge in [0.15, 0.2) is 0 Å². The van der Waals surface area contributed by atoms with Gasteiger partial charge >= 0.3 is 0 Å². The quantitative estimate of drug-likeness (QED) is 0.687. The zero-order valence-corrected chi connectivity index (χ0v) is 12.8. The Bertz CT molecular complexity index is 832. The lowest BCUT2D eigenvalue weighted by Gasteiger charge is -2.15. The molecule has 1 aliphatic heterocycles. The monoisotopic (exact) mass is 312 g/mol. The normalized spacial score (nSPS) is 13.4. The smallest absolute Gasteiger partial charge is 0.0726 e. The highest BCUT2D eigenvalue weighted by Gasteiger charge is 2.20. The van der Waals surface area contributed by atoms with E-state index in [0.717, 1.165) is 38.8 Å². The highest BCUT2D eigenvalue weighted by molar-refractivity contribution is 7.98. The highest BCUT2D eigenvalue weighted by Crippen LogP contribution is 2.40. The van der Waals surface area contributed by atoms with Crippen LogP contribution in [0.15, 0.2) is 48.5 Å². The molecule has 21 heavy (non-hydrogen) atoms. The third-order valence-electron chi connectivity index (χ3n) is 3.70. The largest absolute Gasteiger partial charge is 0.353 e. The molecule has 0 saturated heterocycles. The summed E-state index contributed by atoms with van der Waals surface area (Å²) in [4.78, 5) is 4.79. The van der Waals surface area contributed by atoms with Crippen LogP contribution in [0.2, 0.25) is 5.02 Å². The van der Waals surface area contributed by atoms with Crippen LogP contribution in [-0.4, -0.2) is 4.98 Å². The lowest BCUT2D eigenvalue weighted by atomic mass is 10.1. The maximum Gasteiger partial charge on any atom is 0.0726 e. The van der Waals surface area contributed by atoms with E-state index < -0.39 is 0 Å². The molecule has 4 heteroatoms. The first kappa shape index (κ1) is 13.0. The van der Waals surface area contributed by atoms with Crippen molar-refractivity contribution in [1.82, 2.24) is 4.98 Å². The molecular weight excluding hydrogens is 300 g/mol. The molecule has 0 fully saturated rings. The Hall–Kier alpha value is -1.71. The molecule has 4 rings (SSSR count). The maximum absolute atomic E-state index is 6.29. The van der Waals surface area contributed by atoms with E-state index in [1.807, 2.05) is 42.1 Å². The molecule has 0 spiro atoms. The van der Waals surface area contributed by atoms with E-state index in [-0.39, 0.29) is 0 Å². The van der Waals surface area contributed by atoms with Crippen LogP contribution in [0.4, 0.5) is 11.4 Å². The number of rotatable bonds is 2. The molecule has 0 aliphatic carbocycles. The van der Waals surface area contributed by atoms with Crippen LogP contribution in [0.25, 0.3) is 10.9 Å². The van der Waals surface area contributed by atoms with E-state index in [1.54, 1.807) is 0 Å². The van der Waals surface area contributed by atoms with Gasteiger partial charge in [-0.1, -0.05) is 41.9 Å². The SMILES string of the molecule is Clc1ccccc1Nc1c2c(nc3ccccc13)CSC2. The van der Waals surface area contributed by atoms with Gasteiger partial charge in [0.1, 0.15) is 0 Å². The molecule has 0 unspecified atom stereocenters. The number of hydrogen-bond donors (Lipinski definition) is 1. The second-order valence-corrected chi connectivity index (χ2v) is 6.42. The topological polar surface area (TPSA) is 24.9 Å². The van der Waals surface area contributed by atoms with Crippen LogP contribution in [-0.2, 0) is 11.5 Å². The van der Waals surface area contributed by atoms with E-state index in [9.17, 15) is 0 Å². The molecule has 1 N–H and O–H groups in total. The van der Waals surface area contributed by atoms with Gasteiger partial charge in [0, 0.05) is 22.5 Å². The summed E-state index contributed by atoms with van der Waals surface area (Å²) in [6.07, 6.45) is 0. The number of aromatic nitrogens is 1. The van der Waals surface area contributed by atoms with Gasteiger partial charge in [0.25, 0.3) is 0 Å². The van der Waals surface area contributed by atoms with Crippen molar-refractivity contribution >= 4 is 45.6 Å². The molecule has 0 saturated carbocycles. The number of hydrogen-bond acceptors (Lipinski definition) is 3. The van der Waals surface area contributed by atoms with Crippen molar-refractivity contribution in [2.75, 3.05) is 5.32 Å². The fraction of sp³-hybridized carbons (Fsp3) is 0.118. The minimum Gasteiger partial charge on any atom is -0.353 e. The van der Waals surface area contributed by atoms with Crippen LogP contribution in [0.3, 0.4) is 0 Å². The van der Waals surface area contributed by atoms with Gasteiger partial charge in [0.2, 0.25) is 0 Å². The van der Waals surface area contributed by atoms with Gasteiger partial charge in [-0.3, -0.25) is 4.98 Å². The van der Waals surface area contributed by atoms with E-state index in [4.69, 9.17) is 16.6 Å². The molecule has 3 aromatic rings. The van der Waals surface area contributed by atoms with Crippen molar-refractivity contribution < 1.29 is 0 Å². The summed E-state index contributed by atoms with van der Waals surface area (Å²) in [7, 11) is 0. The number of thioether (sulfide) groups is 1. The highest BCUT2D eigenvalue weighted by atomic mass is 35.5. The summed E-state index contributed by atoms with van der Waals surface area (Å²) in [5, 5.41) is 5.42. The molecule has 0 atom stereocenters.